The van der Waals surface area contributed by atoms with Gasteiger partial charge in [0.05, 0.1) is 5.02 Å². The second-order valence-electron chi connectivity index (χ2n) is 5.05. The largest absolute Gasteiger partial charge is 0.480 e. The van der Waals surface area contributed by atoms with Gasteiger partial charge >= 0.3 is 5.97 Å². The van der Waals surface area contributed by atoms with Gasteiger partial charge in [0.25, 0.3) is 0 Å². The second kappa shape index (κ2) is 6.91. The maximum atomic E-state index is 13.2. The van der Waals surface area contributed by atoms with Crippen LogP contribution >= 0.6 is 11.6 Å². The fourth-order valence-electron chi connectivity index (χ4n) is 2.24. The van der Waals surface area contributed by atoms with E-state index in [1.54, 1.807) is 0 Å². The van der Waals surface area contributed by atoms with Gasteiger partial charge in [0, 0.05) is 13.2 Å². The summed E-state index contributed by atoms with van der Waals surface area (Å²) in [5, 5.41) is 9.01. The summed E-state index contributed by atoms with van der Waals surface area (Å²) in [6.45, 7) is 0.922. The molecule has 9 heteroatoms. The average molecular weight is 352 g/mol. The highest BCUT2D eigenvalue weighted by Crippen LogP contribution is 2.24. The molecule has 0 bridgehead atoms. The van der Waals surface area contributed by atoms with Gasteiger partial charge in [0.15, 0.2) is 0 Å². The van der Waals surface area contributed by atoms with Crippen molar-refractivity contribution in [3.05, 3.63) is 29.0 Å². The van der Waals surface area contributed by atoms with E-state index in [0.717, 1.165) is 18.2 Å². The molecule has 0 saturated carbocycles. The van der Waals surface area contributed by atoms with Gasteiger partial charge in [-0.3, -0.25) is 4.79 Å². The van der Waals surface area contributed by atoms with Gasteiger partial charge < -0.3 is 9.84 Å². The quantitative estimate of drug-likeness (QED) is 0.812. The monoisotopic (exact) mass is 351 g/mol. The standard InChI is InChI=1S/C13H15ClFNO5S/c14-10-2-1-9(15)6-12(10)22(19,20)16-11(13(17)18)5-8-3-4-21-7-8/h1-2,6,8,11,16H,3-5,7H2,(H,17,18). The van der Waals surface area contributed by atoms with E-state index < -0.39 is 32.7 Å². The number of carboxylic acids is 1. The van der Waals surface area contributed by atoms with Crippen molar-refractivity contribution in [2.45, 2.75) is 23.8 Å². The summed E-state index contributed by atoms with van der Waals surface area (Å²) in [6.07, 6.45) is 0.772. The SMILES string of the molecule is O=C(O)C(CC1CCOC1)NS(=O)(=O)c1cc(F)ccc1Cl. The molecule has 1 fully saturated rings. The minimum atomic E-state index is -4.24. The zero-order valence-electron chi connectivity index (χ0n) is 11.5. The second-order valence-corrected chi connectivity index (χ2v) is 7.14. The Morgan fingerprint density at radius 2 is 2.27 bits per heavy atom. The lowest BCUT2D eigenvalue weighted by molar-refractivity contribution is -0.139. The van der Waals surface area contributed by atoms with Crippen molar-refractivity contribution in [2.75, 3.05) is 13.2 Å². The first-order valence-electron chi connectivity index (χ1n) is 6.57. The van der Waals surface area contributed by atoms with E-state index >= 15 is 0 Å². The zero-order chi connectivity index (χ0) is 16.3. The van der Waals surface area contributed by atoms with Crippen LogP contribution in [0.3, 0.4) is 0 Å². The molecule has 2 atom stereocenters. The molecule has 1 aliphatic rings. The molecule has 2 N–H and O–H groups in total. The molecule has 6 nitrogen and oxygen atoms in total. The molecule has 1 heterocycles. The number of hydrogen-bond acceptors (Lipinski definition) is 4. The lowest BCUT2D eigenvalue weighted by Crippen LogP contribution is -2.42. The number of nitrogens with one attached hydrogen (secondary N) is 1. The molecule has 1 aromatic rings. The van der Waals surface area contributed by atoms with Crippen LogP contribution < -0.4 is 4.72 Å². The molecule has 22 heavy (non-hydrogen) atoms. The third-order valence-corrected chi connectivity index (χ3v) is 5.32. The van der Waals surface area contributed by atoms with Crippen molar-refractivity contribution in [1.29, 1.82) is 0 Å². The molecule has 1 aliphatic heterocycles. The van der Waals surface area contributed by atoms with Gasteiger partial charge in [-0.25, -0.2) is 12.8 Å². The molecule has 0 radical (unpaired) electrons. The minimum Gasteiger partial charge on any atom is -0.480 e. The number of sulfonamides is 1. The number of hydrogen-bond donors (Lipinski definition) is 2. The van der Waals surface area contributed by atoms with Crippen LogP contribution in [-0.2, 0) is 19.6 Å². The predicted molar refractivity (Wildman–Crippen MR) is 76.7 cm³/mol. The van der Waals surface area contributed by atoms with E-state index in [4.69, 9.17) is 16.3 Å². The van der Waals surface area contributed by atoms with Crippen molar-refractivity contribution in [2.24, 2.45) is 5.92 Å². The minimum absolute atomic E-state index is 0.0354. The highest BCUT2D eigenvalue weighted by atomic mass is 35.5. The molecule has 1 aromatic carbocycles. The van der Waals surface area contributed by atoms with Crippen LogP contribution in [0.15, 0.2) is 23.1 Å². The van der Waals surface area contributed by atoms with Gasteiger partial charge in [0.2, 0.25) is 10.0 Å². The molecule has 122 valence electrons. The highest BCUT2D eigenvalue weighted by Gasteiger charge is 2.30. The lowest BCUT2D eigenvalue weighted by Gasteiger charge is -2.18. The maximum absolute atomic E-state index is 13.2. The molecule has 2 rings (SSSR count). The van der Waals surface area contributed by atoms with Gasteiger partial charge in [0.1, 0.15) is 16.8 Å². The van der Waals surface area contributed by atoms with Crippen molar-refractivity contribution in [1.82, 2.24) is 4.72 Å². The Balaban J connectivity index is 2.20. The third-order valence-electron chi connectivity index (χ3n) is 3.37. The first-order valence-corrected chi connectivity index (χ1v) is 8.43. The van der Waals surface area contributed by atoms with Crippen molar-refractivity contribution >= 4 is 27.6 Å². The summed E-state index contributed by atoms with van der Waals surface area (Å²) in [5.41, 5.74) is 0. The molecule has 2 unspecified atom stereocenters. The molecular formula is C13H15ClFNO5S. The molecule has 0 aromatic heterocycles. The van der Waals surface area contributed by atoms with Crippen LogP contribution in [-0.4, -0.2) is 38.7 Å². The van der Waals surface area contributed by atoms with E-state index in [-0.39, 0.29) is 17.4 Å². The number of aliphatic carboxylic acids is 1. The number of carbonyl (C=O) groups is 1. The van der Waals surface area contributed by atoms with Gasteiger partial charge in [-0.15, -0.1) is 0 Å². The van der Waals surface area contributed by atoms with Crippen LogP contribution in [0, 0.1) is 11.7 Å². The number of halogens is 2. The van der Waals surface area contributed by atoms with Crippen LogP contribution in [0.25, 0.3) is 0 Å². The maximum Gasteiger partial charge on any atom is 0.321 e. The molecule has 1 saturated heterocycles. The first-order chi connectivity index (χ1) is 10.3. The highest BCUT2D eigenvalue weighted by molar-refractivity contribution is 7.89. The van der Waals surface area contributed by atoms with Crippen LogP contribution in [0.4, 0.5) is 4.39 Å². The number of carboxylic acid groups (broad SMARTS) is 1. The van der Waals surface area contributed by atoms with E-state index in [1.165, 1.54) is 0 Å². The topological polar surface area (TPSA) is 92.7 Å². The van der Waals surface area contributed by atoms with Crippen molar-refractivity contribution in [3.8, 4) is 0 Å². The average Bonchev–Trinajstić information content (AvgIpc) is 2.93. The number of ether oxygens (including phenoxy) is 1. The Kier molecular flexibility index (Phi) is 5.38. The Bertz CT molecular complexity index is 660. The summed E-state index contributed by atoms with van der Waals surface area (Å²) >= 11 is 5.76. The van der Waals surface area contributed by atoms with Crippen molar-refractivity contribution < 1.29 is 27.4 Å². The fraction of sp³-hybridized carbons (Fsp3) is 0.462. The van der Waals surface area contributed by atoms with Crippen LogP contribution in [0.2, 0.25) is 5.02 Å². The first kappa shape index (κ1) is 17.1. The summed E-state index contributed by atoms with van der Waals surface area (Å²) < 4.78 is 44.9. The Morgan fingerprint density at radius 1 is 1.55 bits per heavy atom. The summed E-state index contributed by atoms with van der Waals surface area (Å²) in [7, 11) is -4.24. The molecule has 0 spiro atoms. The third kappa shape index (κ3) is 4.16. The van der Waals surface area contributed by atoms with E-state index in [1.807, 2.05) is 0 Å². The Morgan fingerprint density at radius 3 is 2.86 bits per heavy atom. The van der Waals surface area contributed by atoms with Gasteiger partial charge in [-0.2, -0.15) is 4.72 Å². The summed E-state index contributed by atoms with van der Waals surface area (Å²) in [5.74, 6) is -2.12. The summed E-state index contributed by atoms with van der Waals surface area (Å²) in [6, 6.07) is 1.55. The van der Waals surface area contributed by atoms with Crippen molar-refractivity contribution in [3.63, 3.8) is 0 Å². The number of rotatable bonds is 6. The van der Waals surface area contributed by atoms with E-state index in [9.17, 15) is 22.7 Å². The molecule has 0 amide bonds. The van der Waals surface area contributed by atoms with Crippen LogP contribution in [0.5, 0.6) is 0 Å². The van der Waals surface area contributed by atoms with E-state index in [0.29, 0.717) is 19.6 Å². The molecular weight excluding hydrogens is 337 g/mol. The Labute approximate surface area is 132 Å². The van der Waals surface area contributed by atoms with Gasteiger partial charge in [-0.05, 0) is 37.0 Å². The van der Waals surface area contributed by atoms with E-state index in [2.05, 4.69) is 4.72 Å². The predicted octanol–water partition coefficient (Wildman–Crippen LogP) is 1.64. The fourth-order valence-corrected chi connectivity index (χ4v) is 3.95. The number of benzene rings is 1. The lowest BCUT2D eigenvalue weighted by atomic mass is 10.00. The Hall–Kier alpha value is -1.22. The zero-order valence-corrected chi connectivity index (χ0v) is 13.0. The smallest absolute Gasteiger partial charge is 0.321 e. The summed E-state index contributed by atoms with van der Waals surface area (Å²) in [4.78, 5) is 10.8. The van der Waals surface area contributed by atoms with Gasteiger partial charge in [-0.1, -0.05) is 11.6 Å². The molecule has 0 aliphatic carbocycles. The van der Waals surface area contributed by atoms with Crippen LogP contribution in [0.1, 0.15) is 12.8 Å². The normalized spacial score (nSPS) is 20.0.